The molecule has 0 radical (unpaired) electrons. The molecule has 2 N–H and O–H groups in total. The number of pyridine rings is 1. The van der Waals surface area contributed by atoms with Gasteiger partial charge < -0.3 is 15.4 Å². The van der Waals surface area contributed by atoms with Crippen LogP contribution < -0.4 is 10.6 Å². The molecule has 1 fully saturated rings. The number of benzene rings is 1. The average Bonchev–Trinajstić information content (AvgIpc) is 2.71. The summed E-state index contributed by atoms with van der Waals surface area (Å²) in [5.41, 5.74) is 2.82. The second-order valence-electron chi connectivity index (χ2n) is 6.47. The Bertz CT molecular complexity index is 759. The highest BCUT2D eigenvalue weighted by Gasteiger charge is 2.24. The molecule has 7 heteroatoms. The van der Waals surface area contributed by atoms with Crippen LogP contribution in [0.2, 0.25) is 0 Å². The fourth-order valence-corrected chi connectivity index (χ4v) is 3.03. The molecule has 0 aliphatic carbocycles. The van der Waals surface area contributed by atoms with Crippen LogP contribution in [-0.2, 0) is 14.3 Å². The van der Waals surface area contributed by atoms with Crippen LogP contribution in [0.15, 0.2) is 48.8 Å². The third kappa shape index (κ3) is 5.35. The van der Waals surface area contributed by atoms with Gasteiger partial charge in [0.2, 0.25) is 0 Å². The van der Waals surface area contributed by atoms with Crippen LogP contribution in [0.5, 0.6) is 0 Å². The van der Waals surface area contributed by atoms with Crippen LogP contribution in [0.3, 0.4) is 0 Å². The zero-order valence-corrected chi connectivity index (χ0v) is 15.4. The van der Waals surface area contributed by atoms with Gasteiger partial charge >= 0.3 is 11.8 Å². The number of rotatable bonds is 5. The van der Waals surface area contributed by atoms with Gasteiger partial charge in [-0.2, -0.15) is 0 Å². The predicted octanol–water partition coefficient (Wildman–Crippen LogP) is 1.52. The normalized spacial score (nSPS) is 15.7. The Balaban J connectivity index is 1.63. The van der Waals surface area contributed by atoms with Crippen molar-refractivity contribution in [2.75, 3.05) is 38.2 Å². The maximum absolute atomic E-state index is 12.2. The Morgan fingerprint density at radius 1 is 1.07 bits per heavy atom. The summed E-state index contributed by atoms with van der Waals surface area (Å²) < 4.78 is 5.44. The molecule has 142 valence electrons. The Morgan fingerprint density at radius 3 is 2.41 bits per heavy atom. The number of hydrogen-bond acceptors (Lipinski definition) is 5. The summed E-state index contributed by atoms with van der Waals surface area (Å²) in [7, 11) is 0. The summed E-state index contributed by atoms with van der Waals surface area (Å²) >= 11 is 0. The molecule has 2 amide bonds. The van der Waals surface area contributed by atoms with Crippen LogP contribution in [-0.4, -0.2) is 54.5 Å². The van der Waals surface area contributed by atoms with Gasteiger partial charge in [-0.15, -0.1) is 0 Å². The van der Waals surface area contributed by atoms with Crippen LogP contribution >= 0.6 is 0 Å². The highest BCUT2D eigenvalue weighted by Crippen LogP contribution is 2.21. The van der Waals surface area contributed by atoms with Gasteiger partial charge in [-0.25, -0.2) is 0 Å². The monoisotopic (exact) mass is 368 g/mol. The minimum atomic E-state index is -0.689. The lowest BCUT2D eigenvalue weighted by Gasteiger charge is -2.35. The molecule has 2 aromatic rings. The molecule has 7 nitrogen and oxygen atoms in total. The van der Waals surface area contributed by atoms with Gasteiger partial charge in [-0.1, -0.05) is 29.8 Å². The smallest absolute Gasteiger partial charge is 0.313 e. The van der Waals surface area contributed by atoms with E-state index in [1.54, 1.807) is 24.5 Å². The Kier molecular flexibility index (Phi) is 6.51. The molecule has 1 aromatic heterocycles. The van der Waals surface area contributed by atoms with E-state index in [1.165, 1.54) is 5.56 Å². The summed E-state index contributed by atoms with van der Waals surface area (Å²) in [6.07, 6.45) is 3.11. The number of nitrogens with one attached hydrogen (secondary N) is 2. The van der Waals surface area contributed by atoms with Crippen molar-refractivity contribution in [3.8, 4) is 0 Å². The summed E-state index contributed by atoms with van der Waals surface area (Å²) in [5, 5.41) is 5.33. The lowest BCUT2D eigenvalue weighted by molar-refractivity contribution is -0.136. The molecule has 3 rings (SSSR count). The van der Waals surface area contributed by atoms with Gasteiger partial charge in [0.25, 0.3) is 0 Å². The first-order chi connectivity index (χ1) is 13.1. The molecule has 27 heavy (non-hydrogen) atoms. The van der Waals surface area contributed by atoms with E-state index in [-0.39, 0.29) is 6.04 Å². The summed E-state index contributed by atoms with van der Waals surface area (Å²) in [4.78, 5) is 30.5. The van der Waals surface area contributed by atoms with Gasteiger partial charge in [-0.05, 0) is 24.6 Å². The number of hydrogen-bond donors (Lipinski definition) is 2. The van der Waals surface area contributed by atoms with E-state index in [2.05, 4.69) is 44.8 Å². The van der Waals surface area contributed by atoms with Crippen molar-refractivity contribution in [3.63, 3.8) is 0 Å². The van der Waals surface area contributed by atoms with Crippen molar-refractivity contribution in [2.24, 2.45) is 0 Å². The Labute approximate surface area is 158 Å². The first kappa shape index (κ1) is 19.0. The zero-order chi connectivity index (χ0) is 19.1. The highest BCUT2D eigenvalue weighted by atomic mass is 16.5. The first-order valence-corrected chi connectivity index (χ1v) is 9.01. The fraction of sp³-hybridized carbons (Fsp3) is 0.350. The van der Waals surface area contributed by atoms with Crippen molar-refractivity contribution in [2.45, 2.75) is 13.0 Å². The minimum Gasteiger partial charge on any atom is -0.379 e. The zero-order valence-electron chi connectivity index (χ0n) is 15.4. The molecule has 1 aliphatic heterocycles. The number of morpholine rings is 1. The average molecular weight is 368 g/mol. The largest absolute Gasteiger partial charge is 0.379 e. The number of anilines is 1. The summed E-state index contributed by atoms with van der Waals surface area (Å²) in [5.74, 6) is -1.34. The lowest BCUT2D eigenvalue weighted by Crippen LogP contribution is -2.45. The maximum atomic E-state index is 12.2. The Hall–Kier alpha value is -2.77. The summed E-state index contributed by atoms with van der Waals surface area (Å²) in [6.45, 7) is 5.30. The third-order valence-corrected chi connectivity index (χ3v) is 4.55. The molecule has 0 unspecified atom stereocenters. The molecular formula is C20H24N4O3. The third-order valence-electron chi connectivity index (χ3n) is 4.55. The number of amides is 2. The molecule has 1 aliphatic rings. The van der Waals surface area contributed by atoms with Crippen molar-refractivity contribution >= 4 is 17.5 Å². The molecule has 2 heterocycles. The minimum absolute atomic E-state index is 0.00725. The van der Waals surface area contributed by atoms with Gasteiger partial charge in [0.05, 0.1) is 19.3 Å². The molecule has 1 aromatic carbocycles. The highest BCUT2D eigenvalue weighted by molar-refractivity contribution is 6.39. The SMILES string of the molecule is Cc1ccc([C@H](CNC(=O)C(=O)Nc2ccncc2)N2CCOCC2)cc1. The second kappa shape index (κ2) is 9.25. The van der Waals surface area contributed by atoms with E-state index in [1.807, 2.05) is 6.92 Å². The topological polar surface area (TPSA) is 83.6 Å². The van der Waals surface area contributed by atoms with E-state index in [0.29, 0.717) is 25.4 Å². The number of ether oxygens (including phenoxy) is 1. The van der Waals surface area contributed by atoms with Gasteiger partial charge in [0, 0.05) is 37.7 Å². The van der Waals surface area contributed by atoms with E-state index < -0.39 is 11.8 Å². The van der Waals surface area contributed by atoms with E-state index >= 15 is 0 Å². The molecule has 1 atom stereocenters. The first-order valence-electron chi connectivity index (χ1n) is 9.01. The molecule has 0 bridgehead atoms. The number of carbonyl (C=O) groups excluding carboxylic acids is 2. The number of nitrogens with zero attached hydrogens (tertiary/aromatic N) is 2. The van der Waals surface area contributed by atoms with E-state index in [0.717, 1.165) is 18.7 Å². The van der Waals surface area contributed by atoms with E-state index in [4.69, 9.17) is 4.74 Å². The quantitative estimate of drug-likeness (QED) is 0.782. The maximum Gasteiger partial charge on any atom is 0.313 e. The standard InChI is InChI=1S/C20H24N4O3/c1-15-2-4-16(5-3-15)18(24-10-12-27-13-11-24)14-22-19(25)20(26)23-17-6-8-21-9-7-17/h2-9,18H,10-14H2,1H3,(H,22,25)(H,21,23,26)/t18-/m0/s1. The fourth-order valence-electron chi connectivity index (χ4n) is 3.03. The summed E-state index contributed by atoms with van der Waals surface area (Å²) in [6, 6.07) is 11.5. The van der Waals surface area contributed by atoms with Gasteiger partial charge in [0.1, 0.15) is 0 Å². The van der Waals surface area contributed by atoms with Crippen LogP contribution in [0.25, 0.3) is 0 Å². The van der Waals surface area contributed by atoms with Crippen molar-refractivity contribution < 1.29 is 14.3 Å². The number of carbonyl (C=O) groups is 2. The Morgan fingerprint density at radius 2 is 1.74 bits per heavy atom. The molecule has 0 saturated carbocycles. The van der Waals surface area contributed by atoms with Crippen LogP contribution in [0, 0.1) is 6.92 Å². The molecule has 0 spiro atoms. The van der Waals surface area contributed by atoms with E-state index in [9.17, 15) is 9.59 Å². The van der Waals surface area contributed by atoms with Crippen LogP contribution in [0.1, 0.15) is 17.2 Å². The van der Waals surface area contributed by atoms with Crippen molar-refractivity contribution in [1.29, 1.82) is 0 Å². The molecule has 1 saturated heterocycles. The van der Waals surface area contributed by atoms with Crippen LogP contribution in [0.4, 0.5) is 5.69 Å². The molecular weight excluding hydrogens is 344 g/mol. The number of aryl methyl sites for hydroxylation is 1. The predicted molar refractivity (Wildman–Crippen MR) is 102 cm³/mol. The van der Waals surface area contributed by atoms with Crippen molar-refractivity contribution in [3.05, 3.63) is 59.9 Å². The number of aromatic nitrogens is 1. The van der Waals surface area contributed by atoms with Gasteiger partial charge in [0.15, 0.2) is 0 Å². The second-order valence-corrected chi connectivity index (χ2v) is 6.47. The van der Waals surface area contributed by atoms with Gasteiger partial charge in [-0.3, -0.25) is 19.5 Å². The lowest BCUT2D eigenvalue weighted by atomic mass is 10.0. The van der Waals surface area contributed by atoms with Crippen molar-refractivity contribution in [1.82, 2.24) is 15.2 Å².